The van der Waals surface area contributed by atoms with Crippen molar-refractivity contribution in [3.05, 3.63) is 33.1 Å². The van der Waals surface area contributed by atoms with Gasteiger partial charge in [-0.3, -0.25) is 27.7 Å². The number of phosphoric ester groups is 1. The number of hydrogen-bond donors (Lipinski definition) is 7. The molecule has 1 aromatic rings. The fraction of sp³-hybridized carbons (Fsp3) is 0.667. The van der Waals surface area contributed by atoms with Gasteiger partial charge in [0, 0.05) is 12.3 Å². The van der Waals surface area contributed by atoms with Gasteiger partial charge in [0.15, 0.2) is 12.5 Å². The van der Waals surface area contributed by atoms with E-state index >= 15 is 0 Å². The Morgan fingerprint density at radius 2 is 1.74 bits per heavy atom. The standard InChI is InChI=1S/C15H24N2O17P2.2Na/c18-3-6(20)10(22)11(23)7(4-19)33-36(30,34-35(27,28)29)31-5-8-12(24)13(25)14(32-8)17-2-1-9(21)16-15(17)26;;/h1-3,6-8,10-14,19-20,22-25H,4-5H2,(H,16,21,26)(H2,27,28,29);;/q;2*+1/p-2/t6-,7+,8-,10+,11+,12+,13+,14+,36?;;/m0../s1. The number of aldehydes is 1. The molecule has 38 heavy (non-hydrogen) atoms. The maximum atomic E-state index is 12.8. The van der Waals surface area contributed by atoms with Crippen LogP contribution in [0.5, 0.6) is 0 Å². The Balaban J connectivity index is 0.00000684. The first-order valence-corrected chi connectivity index (χ1v) is 12.6. The van der Waals surface area contributed by atoms with Crippen molar-refractivity contribution in [1.29, 1.82) is 0 Å². The molecule has 23 heteroatoms. The van der Waals surface area contributed by atoms with E-state index in [4.69, 9.17) is 4.74 Å². The molecule has 0 radical (unpaired) electrons. The van der Waals surface area contributed by atoms with Crippen LogP contribution >= 0.6 is 15.6 Å². The smallest absolute Gasteiger partial charge is 0.789 e. The number of carbonyl (C=O) groups is 1. The summed E-state index contributed by atoms with van der Waals surface area (Å²) in [5, 5.41) is 58.6. The number of aromatic nitrogens is 2. The van der Waals surface area contributed by atoms with Gasteiger partial charge in [0.2, 0.25) is 0 Å². The molecule has 1 aliphatic heterocycles. The van der Waals surface area contributed by atoms with E-state index in [0.717, 1.165) is 12.3 Å². The average molecular weight is 610 g/mol. The number of rotatable bonds is 13. The molecular formula is C15H22N2Na2O17P2. The predicted molar refractivity (Wildman–Crippen MR) is 106 cm³/mol. The van der Waals surface area contributed by atoms with Crippen LogP contribution in [0.4, 0.5) is 0 Å². The normalized spacial score (nSPS) is 26.2. The van der Waals surface area contributed by atoms with Crippen molar-refractivity contribution < 1.29 is 132 Å². The van der Waals surface area contributed by atoms with E-state index in [1.54, 1.807) is 0 Å². The third kappa shape index (κ3) is 10.3. The van der Waals surface area contributed by atoms with Gasteiger partial charge >= 0.3 is 72.6 Å². The number of phosphoric acid groups is 2. The number of nitrogens with one attached hydrogen (secondary N) is 1. The van der Waals surface area contributed by atoms with Crippen molar-refractivity contribution in [2.75, 3.05) is 13.2 Å². The second-order valence-corrected chi connectivity index (χ2v) is 10.2. The predicted octanol–water partition coefficient (Wildman–Crippen LogP) is -12.2. The molecule has 1 unspecified atom stereocenters. The first kappa shape index (κ1) is 38.3. The molecule has 9 atom stereocenters. The maximum Gasteiger partial charge on any atom is 1.00 e. The van der Waals surface area contributed by atoms with Crippen molar-refractivity contribution in [2.24, 2.45) is 0 Å². The summed E-state index contributed by atoms with van der Waals surface area (Å²) in [6.07, 6.45) is -15.6. The maximum absolute atomic E-state index is 12.8. The summed E-state index contributed by atoms with van der Waals surface area (Å²) in [7, 11) is -11.8. The minimum absolute atomic E-state index is 0. The van der Waals surface area contributed by atoms with Crippen LogP contribution in [-0.4, -0.2) is 102 Å². The van der Waals surface area contributed by atoms with E-state index < -0.39 is 89.1 Å². The summed E-state index contributed by atoms with van der Waals surface area (Å²) < 4.78 is 42.7. The van der Waals surface area contributed by atoms with Crippen LogP contribution < -0.4 is 80.2 Å². The van der Waals surface area contributed by atoms with Crippen molar-refractivity contribution in [1.82, 2.24) is 9.55 Å². The third-order valence-corrected chi connectivity index (χ3v) is 7.32. The van der Waals surface area contributed by atoms with Gasteiger partial charge in [-0.05, 0) is 0 Å². The first-order valence-electron chi connectivity index (χ1n) is 9.72. The monoisotopic (exact) mass is 610 g/mol. The molecular weight excluding hydrogens is 588 g/mol. The first-order chi connectivity index (χ1) is 16.6. The van der Waals surface area contributed by atoms with E-state index in [-0.39, 0.29) is 65.4 Å². The van der Waals surface area contributed by atoms with Crippen LogP contribution in [0.3, 0.4) is 0 Å². The Hall–Kier alpha value is 0.330. The zero-order valence-electron chi connectivity index (χ0n) is 19.8. The number of aliphatic hydroxyl groups is 6. The molecule has 1 fully saturated rings. The van der Waals surface area contributed by atoms with Gasteiger partial charge in [-0.25, -0.2) is 9.36 Å². The molecule has 0 aliphatic carbocycles. The molecule has 0 amide bonds. The Morgan fingerprint density at radius 3 is 2.24 bits per heavy atom. The number of ether oxygens (including phenoxy) is 1. The molecule has 1 aliphatic rings. The van der Waals surface area contributed by atoms with Crippen molar-refractivity contribution in [2.45, 2.75) is 49.0 Å². The number of aromatic amines is 1. The Morgan fingerprint density at radius 1 is 1.13 bits per heavy atom. The molecule has 0 spiro atoms. The summed E-state index contributed by atoms with van der Waals surface area (Å²) in [5.74, 6) is 0. The van der Waals surface area contributed by atoms with Gasteiger partial charge in [-0.2, -0.15) is 0 Å². The molecule has 0 saturated carbocycles. The quantitative estimate of drug-likeness (QED) is 0.0619. The summed E-state index contributed by atoms with van der Waals surface area (Å²) in [6, 6.07) is 0.889. The van der Waals surface area contributed by atoms with E-state index in [1.165, 1.54) is 0 Å². The summed E-state index contributed by atoms with van der Waals surface area (Å²) in [5.41, 5.74) is -1.84. The Kier molecular flexibility index (Phi) is 16.2. The fourth-order valence-electron chi connectivity index (χ4n) is 2.96. The van der Waals surface area contributed by atoms with Crippen LogP contribution in [0, 0.1) is 0 Å². The van der Waals surface area contributed by atoms with E-state index in [1.807, 2.05) is 4.98 Å². The van der Waals surface area contributed by atoms with Crippen molar-refractivity contribution in [3.8, 4) is 0 Å². The molecule has 2 rings (SSSR count). The van der Waals surface area contributed by atoms with E-state index in [0.29, 0.717) is 4.57 Å². The van der Waals surface area contributed by atoms with Gasteiger partial charge in [-0.15, -0.1) is 0 Å². The molecule has 206 valence electrons. The largest absolute Gasteiger partial charge is 1.00 e. The summed E-state index contributed by atoms with van der Waals surface area (Å²) in [4.78, 5) is 57.7. The van der Waals surface area contributed by atoms with Crippen LogP contribution in [-0.2, 0) is 32.0 Å². The van der Waals surface area contributed by atoms with Gasteiger partial charge in [0.25, 0.3) is 5.56 Å². The molecule has 1 aromatic heterocycles. The van der Waals surface area contributed by atoms with Crippen LogP contribution in [0.2, 0.25) is 0 Å². The number of H-pyrrole nitrogens is 1. The van der Waals surface area contributed by atoms with Crippen LogP contribution in [0.1, 0.15) is 6.23 Å². The van der Waals surface area contributed by atoms with Crippen molar-refractivity contribution >= 4 is 21.9 Å². The zero-order valence-corrected chi connectivity index (χ0v) is 25.6. The number of carbonyl (C=O) groups excluding carboxylic acids is 1. The molecule has 19 nitrogen and oxygen atoms in total. The molecule has 0 bridgehead atoms. The van der Waals surface area contributed by atoms with Crippen LogP contribution in [0.15, 0.2) is 21.9 Å². The van der Waals surface area contributed by atoms with Crippen molar-refractivity contribution in [3.63, 3.8) is 0 Å². The minimum Gasteiger partial charge on any atom is -0.789 e. The second kappa shape index (κ2) is 16.1. The number of nitrogens with zero attached hydrogens (tertiary/aromatic N) is 1. The molecule has 1 saturated heterocycles. The summed E-state index contributed by atoms with van der Waals surface area (Å²) in [6.45, 7) is -2.50. The Labute approximate surface area is 256 Å². The number of aliphatic hydroxyl groups excluding tert-OH is 6. The van der Waals surface area contributed by atoms with Gasteiger partial charge in [0.05, 0.1) is 21.0 Å². The Bertz CT molecular complexity index is 1110. The van der Waals surface area contributed by atoms with Gasteiger partial charge in [0.1, 0.15) is 42.7 Å². The zero-order chi connectivity index (χ0) is 27.4. The minimum atomic E-state index is -6.17. The third-order valence-electron chi connectivity index (χ3n) is 4.72. The van der Waals surface area contributed by atoms with E-state index in [2.05, 4.69) is 13.4 Å². The topological polar surface area (TPSA) is 310 Å². The fourth-order valence-corrected chi connectivity index (χ4v) is 5.19. The van der Waals surface area contributed by atoms with E-state index in [9.17, 15) is 63.9 Å². The summed E-state index contributed by atoms with van der Waals surface area (Å²) >= 11 is 0. The second-order valence-electron chi connectivity index (χ2n) is 7.27. The number of hydrogen-bond acceptors (Lipinski definition) is 17. The molecule has 2 heterocycles. The van der Waals surface area contributed by atoms with Crippen LogP contribution in [0.25, 0.3) is 0 Å². The average Bonchev–Trinajstić information content (AvgIpc) is 3.07. The van der Waals surface area contributed by atoms with Gasteiger partial charge < -0.3 is 54.5 Å². The molecule has 0 aromatic carbocycles. The molecule has 7 N–H and O–H groups in total. The van der Waals surface area contributed by atoms with Gasteiger partial charge in [-0.1, -0.05) is 0 Å². The SMILES string of the molecule is O=C[C@H](O)[C@@H](O)[C@H](O)[C@@H](CO)OP(=O)(OC[C@@H]1O[C@@H](n2ccc(=O)[nH]c2=O)[C@H](O)[C@@H]1O)OP(=O)([O-])[O-].[Na+].[Na+].